The van der Waals surface area contributed by atoms with Crippen LogP contribution in [-0.2, 0) is 17.7 Å². The highest BCUT2D eigenvalue weighted by Gasteiger charge is 2.29. The molecule has 4 heteroatoms. The van der Waals surface area contributed by atoms with Crippen LogP contribution < -0.4 is 4.90 Å². The van der Waals surface area contributed by atoms with Crippen molar-refractivity contribution in [2.75, 3.05) is 18.1 Å². The third-order valence-corrected chi connectivity index (χ3v) is 6.30. The Balaban J connectivity index is 1.44. The molecule has 0 saturated heterocycles. The second kappa shape index (κ2) is 8.44. The largest absolute Gasteiger partial charge is 0.475 e. The monoisotopic (exact) mass is 426 g/mol. The van der Waals surface area contributed by atoms with Gasteiger partial charge in [-0.1, -0.05) is 60.7 Å². The highest BCUT2D eigenvalue weighted by molar-refractivity contribution is 5.97. The molecule has 1 atom stereocenters. The molecule has 164 valence electrons. The Bertz CT molecular complexity index is 1140. The Morgan fingerprint density at radius 2 is 1.81 bits per heavy atom. The van der Waals surface area contributed by atoms with Gasteiger partial charge in [-0.05, 0) is 61.1 Å². The predicted molar refractivity (Wildman–Crippen MR) is 129 cm³/mol. The standard InChI is InChI=1S/C28H30N2O2/c1-28(2)19-32-27(29-28)24-13-7-6-12-23(24)26(31)22-14-15-25-21(17-22)11-8-16-30(25)18-20-9-4-3-5-10-20/h3-7,9-10,12-15,17,26,31H,8,11,16,18-19H2,1-2H3. The van der Waals surface area contributed by atoms with Crippen molar-refractivity contribution in [1.29, 1.82) is 0 Å². The first-order valence-corrected chi connectivity index (χ1v) is 11.4. The number of benzene rings is 3. The minimum atomic E-state index is -0.726. The van der Waals surface area contributed by atoms with Crippen LogP contribution in [0.5, 0.6) is 0 Å². The molecule has 0 radical (unpaired) electrons. The van der Waals surface area contributed by atoms with Gasteiger partial charge in [-0.2, -0.15) is 0 Å². The van der Waals surface area contributed by atoms with Crippen LogP contribution in [-0.4, -0.2) is 29.7 Å². The van der Waals surface area contributed by atoms with Gasteiger partial charge in [-0.3, -0.25) is 0 Å². The lowest BCUT2D eigenvalue weighted by atomic mass is 9.92. The lowest BCUT2D eigenvalue weighted by Gasteiger charge is -2.32. The van der Waals surface area contributed by atoms with Crippen LogP contribution in [0.3, 0.4) is 0 Å². The van der Waals surface area contributed by atoms with Crippen molar-refractivity contribution in [1.82, 2.24) is 0 Å². The van der Waals surface area contributed by atoms with Crippen molar-refractivity contribution in [3.63, 3.8) is 0 Å². The Morgan fingerprint density at radius 3 is 2.59 bits per heavy atom. The number of ether oxygens (including phenoxy) is 1. The summed E-state index contributed by atoms with van der Waals surface area (Å²) in [6, 6.07) is 24.9. The lowest BCUT2D eigenvalue weighted by Crippen LogP contribution is -2.29. The van der Waals surface area contributed by atoms with Gasteiger partial charge in [0.05, 0.1) is 5.54 Å². The zero-order valence-electron chi connectivity index (χ0n) is 18.8. The second-order valence-corrected chi connectivity index (χ2v) is 9.41. The summed E-state index contributed by atoms with van der Waals surface area (Å²) in [4.78, 5) is 7.17. The lowest BCUT2D eigenvalue weighted by molar-refractivity contribution is 0.219. The van der Waals surface area contributed by atoms with Gasteiger partial charge in [0.15, 0.2) is 0 Å². The number of aryl methyl sites for hydroxylation is 1. The molecule has 2 aliphatic heterocycles. The van der Waals surface area contributed by atoms with E-state index in [1.807, 2.05) is 24.3 Å². The molecule has 32 heavy (non-hydrogen) atoms. The van der Waals surface area contributed by atoms with E-state index in [0.717, 1.165) is 42.6 Å². The van der Waals surface area contributed by atoms with Gasteiger partial charge in [0.2, 0.25) is 5.90 Å². The molecule has 3 aromatic carbocycles. The van der Waals surface area contributed by atoms with E-state index in [2.05, 4.69) is 67.3 Å². The minimum absolute atomic E-state index is 0.235. The number of rotatable bonds is 5. The zero-order valence-corrected chi connectivity index (χ0v) is 18.8. The highest BCUT2D eigenvalue weighted by atomic mass is 16.5. The van der Waals surface area contributed by atoms with Crippen molar-refractivity contribution >= 4 is 11.6 Å². The van der Waals surface area contributed by atoms with Crippen LogP contribution in [0.1, 0.15) is 54.2 Å². The number of aliphatic hydroxyl groups excluding tert-OH is 1. The molecule has 0 fully saturated rings. The molecule has 5 rings (SSSR count). The Labute approximate surface area is 190 Å². The zero-order chi connectivity index (χ0) is 22.1. The number of aliphatic hydroxyl groups is 1. The molecule has 1 N–H and O–H groups in total. The molecule has 2 aliphatic rings. The molecule has 0 bridgehead atoms. The number of nitrogens with zero attached hydrogens (tertiary/aromatic N) is 2. The number of hydrogen-bond acceptors (Lipinski definition) is 4. The maximum Gasteiger partial charge on any atom is 0.217 e. The maximum absolute atomic E-state index is 11.3. The van der Waals surface area contributed by atoms with Gasteiger partial charge in [-0.15, -0.1) is 0 Å². The van der Waals surface area contributed by atoms with E-state index in [4.69, 9.17) is 9.73 Å². The van der Waals surface area contributed by atoms with Gasteiger partial charge in [-0.25, -0.2) is 4.99 Å². The summed E-state index contributed by atoms with van der Waals surface area (Å²) in [5, 5.41) is 11.3. The third kappa shape index (κ3) is 4.15. The molecule has 0 aromatic heterocycles. The van der Waals surface area contributed by atoms with E-state index in [-0.39, 0.29) is 5.54 Å². The SMILES string of the molecule is CC1(C)COC(c2ccccc2C(O)c2ccc3c(c2)CCCN3Cc2ccccc2)=N1. The molecular weight excluding hydrogens is 396 g/mol. The van der Waals surface area contributed by atoms with Crippen LogP contribution in [0.15, 0.2) is 77.8 Å². The molecule has 1 unspecified atom stereocenters. The van der Waals surface area contributed by atoms with E-state index in [9.17, 15) is 5.11 Å². The van der Waals surface area contributed by atoms with E-state index in [1.165, 1.54) is 16.8 Å². The van der Waals surface area contributed by atoms with Gasteiger partial charge in [0, 0.05) is 24.3 Å². The highest BCUT2D eigenvalue weighted by Crippen LogP contribution is 2.34. The van der Waals surface area contributed by atoms with Crippen LogP contribution in [0, 0.1) is 0 Å². The minimum Gasteiger partial charge on any atom is -0.475 e. The molecule has 0 aliphatic carbocycles. The second-order valence-electron chi connectivity index (χ2n) is 9.41. The van der Waals surface area contributed by atoms with Crippen molar-refractivity contribution in [3.8, 4) is 0 Å². The molecule has 0 spiro atoms. The predicted octanol–water partition coefficient (Wildman–Crippen LogP) is 5.28. The molecule has 0 amide bonds. The molecule has 4 nitrogen and oxygen atoms in total. The Hall–Kier alpha value is -3.11. The third-order valence-electron chi connectivity index (χ3n) is 6.30. The first-order valence-electron chi connectivity index (χ1n) is 11.4. The fourth-order valence-electron chi connectivity index (χ4n) is 4.67. The summed E-state index contributed by atoms with van der Waals surface area (Å²) in [5.74, 6) is 0.622. The fraction of sp³-hybridized carbons (Fsp3) is 0.321. The normalized spacial score (nSPS) is 18.0. The van der Waals surface area contributed by atoms with E-state index in [0.29, 0.717) is 12.5 Å². The molecular formula is C28H30N2O2. The van der Waals surface area contributed by atoms with Crippen LogP contribution >= 0.6 is 0 Å². The van der Waals surface area contributed by atoms with Gasteiger partial charge >= 0.3 is 0 Å². The Morgan fingerprint density at radius 1 is 1.03 bits per heavy atom. The number of hydrogen-bond donors (Lipinski definition) is 1. The molecule has 0 saturated carbocycles. The van der Waals surface area contributed by atoms with Crippen LogP contribution in [0.4, 0.5) is 5.69 Å². The number of anilines is 1. The van der Waals surface area contributed by atoms with Crippen LogP contribution in [0.2, 0.25) is 0 Å². The van der Waals surface area contributed by atoms with Crippen molar-refractivity contribution < 1.29 is 9.84 Å². The quantitative estimate of drug-likeness (QED) is 0.604. The maximum atomic E-state index is 11.3. The summed E-state index contributed by atoms with van der Waals surface area (Å²) >= 11 is 0. The summed E-state index contributed by atoms with van der Waals surface area (Å²) in [5.41, 5.74) is 6.28. The van der Waals surface area contributed by atoms with E-state index in [1.54, 1.807) is 0 Å². The first-order chi connectivity index (χ1) is 15.5. The molecule has 2 heterocycles. The summed E-state index contributed by atoms with van der Waals surface area (Å²) in [6.07, 6.45) is 1.43. The van der Waals surface area contributed by atoms with Crippen molar-refractivity contribution in [2.45, 2.75) is 44.9 Å². The van der Waals surface area contributed by atoms with Gasteiger partial charge in [0.25, 0.3) is 0 Å². The summed E-state index contributed by atoms with van der Waals surface area (Å²) < 4.78 is 5.87. The average molecular weight is 427 g/mol. The molecule has 3 aromatic rings. The van der Waals surface area contributed by atoms with E-state index >= 15 is 0 Å². The Kier molecular flexibility index (Phi) is 5.48. The van der Waals surface area contributed by atoms with Crippen molar-refractivity contribution in [2.24, 2.45) is 4.99 Å². The topological polar surface area (TPSA) is 45.1 Å². The first kappa shape index (κ1) is 20.8. The van der Waals surface area contributed by atoms with Gasteiger partial charge < -0.3 is 14.7 Å². The smallest absolute Gasteiger partial charge is 0.217 e. The fourth-order valence-corrected chi connectivity index (χ4v) is 4.67. The average Bonchev–Trinajstić information content (AvgIpc) is 3.18. The number of aliphatic imine (C=N–C) groups is 1. The van der Waals surface area contributed by atoms with Crippen molar-refractivity contribution in [3.05, 3.63) is 101 Å². The van der Waals surface area contributed by atoms with E-state index < -0.39 is 6.10 Å². The van der Waals surface area contributed by atoms with Crippen LogP contribution in [0.25, 0.3) is 0 Å². The summed E-state index contributed by atoms with van der Waals surface area (Å²) in [6.45, 7) is 6.64. The summed E-state index contributed by atoms with van der Waals surface area (Å²) in [7, 11) is 0. The van der Waals surface area contributed by atoms with Gasteiger partial charge in [0.1, 0.15) is 12.7 Å². The number of fused-ring (bicyclic) bond motifs is 1.